The van der Waals surface area contributed by atoms with Crippen molar-refractivity contribution in [2.45, 2.75) is 31.9 Å². The van der Waals surface area contributed by atoms with Gasteiger partial charge in [0.05, 0.1) is 24.0 Å². The number of rotatable bonds is 7. The summed E-state index contributed by atoms with van der Waals surface area (Å²) in [7, 11) is 0. The molecule has 2 aliphatic heterocycles. The first-order valence-electron chi connectivity index (χ1n) is 11.2. The molecule has 0 aliphatic carbocycles. The molecule has 7 heteroatoms. The summed E-state index contributed by atoms with van der Waals surface area (Å²) in [6, 6.07) is 19.8. The lowest BCUT2D eigenvalue weighted by Gasteiger charge is -2.28. The Bertz CT molecular complexity index is 1120. The molecule has 2 aliphatic rings. The summed E-state index contributed by atoms with van der Waals surface area (Å²) in [6.45, 7) is 2.74. The van der Waals surface area contributed by atoms with Crippen LogP contribution in [0, 0.1) is 5.92 Å². The van der Waals surface area contributed by atoms with E-state index in [4.69, 9.17) is 9.57 Å². The van der Waals surface area contributed by atoms with Gasteiger partial charge in [0.2, 0.25) is 5.91 Å². The Labute approximate surface area is 192 Å². The summed E-state index contributed by atoms with van der Waals surface area (Å²) in [4.78, 5) is 38.4. The number of benzene rings is 2. The van der Waals surface area contributed by atoms with E-state index in [1.165, 1.54) is 4.90 Å². The average molecular weight is 444 g/mol. The third-order valence-electron chi connectivity index (χ3n) is 6.04. The number of fused-ring (bicyclic) bond motifs is 1. The van der Waals surface area contributed by atoms with Gasteiger partial charge in [0, 0.05) is 12.4 Å². The van der Waals surface area contributed by atoms with E-state index in [-0.39, 0.29) is 11.8 Å². The summed E-state index contributed by atoms with van der Waals surface area (Å²) in [6.07, 6.45) is 4.50. The molecule has 0 spiro atoms. The highest BCUT2D eigenvalue weighted by atomic mass is 16.7. The van der Waals surface area contributed by atoms with Crippen LogP contribution >= 0.6 is 0 Å². The first-order chi connectivity index (χ1) is 16.2. The predicted molar refractivity (Wildman–Crippen MR) is 124 cm³/mol. The number of nitrogens with zero attached hydrogens (tertiary/aromatic N) is 3. The SMILES string of the molecule is CCCCOc1ccc(N2C(=O)[C@@H]3[C@@H](c4ccncc4)N(c4ccccc4)O[C@H]3C2=O)cc1. The van der Waals surface area contributed by atoms with E-state index in [1.807, 2.05) is 42.5 Å². The molecule has 2 amide bonds. The number of hydrogen-bond acceptors (Lipinski definition) is 6. The van der Waals surface area contributed by atoms with Crippen molar-refractivity contribution in [1.29, 1.82) is 0 Å². The Morgan fingerprint density at radius 1 is 0.909 bits per heavy atom. The Hall–Kier alpha value is -3.71. The van der Waals surface area contributed by atoms with Crippen LogP contribution in [0.25, 0.3) is 0 Å². The summed E-state index contributed by atoms with van der Waals surface area (Å²) in [5.41, 5.74) is 2.17. The number of hydroxylamine groups is 1. The second-order valence-corrected chi connectivity index (χ2v) is 8.15. The number of carbonyl (C=O) groups excluding carboxylic acids is 2. The highest BCUT2D eigenvalue weighted by Gasteiger charge is 2.60. The highest BCUT2D eigenvalue weighted by molar-refractivity contribution is 6.23. The first kappa shape index (κ1) is 21.2. The lowest BCUT2D eigenvalue weighted by atomic mass is 9.91. The summed E-state index contributed by atoms with van der Waals surface area (Å²) in [5, 5.41) is 1.68. The Kier molecular flexibility index (Phi) is 5.79. The molecule has 0 bridgehead atoms. The minimum absolute atomic E-state index is 0.273. The number of unbranched alkanes of at least 4 members (excludes halogenated alkanes) is 1. The fourth-order valence-electron chi connectivity index (χ4n) is 4.39. The smallest absolute Gasteiger partial charge is 0.266 e. The molecular weight excluding hydrogens is 418 g/mol. The van der Waals surface area contributed by atoms with E-state index in [2.05, 4.69) is 11.9 Å². The molecule has 3 heterocycles. The molecule has 2 saturated heterocycles. The number of pyridine rings is 1. The fraction of sp³-hybridized carbons (Fsp3) is 0.269. The van der Waals surface area contributed by atoms with Crippen LogP contribution in [0.2, 0.25) is 0 Å². The first-order valence-corrected chi connectivity index (χ1v) is 11.2. The molecule has 168 valence electrons. The van der Waals surface area contributed by atoms with Gasteiger partial charge in [-0.05, 0) is 60.5 Å². The normalized spacial score (nSPS) is 22.0. The van der Waals surface area contributed by atoms with E-state index in [0.717, 1.165) is 24.1 Å². The molecule has 33 heavy (non-hydrogen) atoms. The molecule has 0 unspecified atom stereocenters. The van der Waals surface area contributed by atoms with Gasteiger partial charge in [-0.3, -0.25) is 19.4 Å². The number of ether oxygens (including phenoxy) is 1. The fourth-order valence-corrected chi connectivity index (χ4v) is 4.39. The maximum Gasteiger partial charge on any atom is 0.266 e. The molecule has 1 aromatic heterocycles. The zero-order valence-electron chi connectivity index (χ0n) is 18.3. The lowest BCUT2D eigenvalue weighted by molar-refractivity contribution is -0.126. The third-order valence-corrected chi connectivity index (χ3v) is 6.04. The Morgan fingerprint density at radius 3 is 2.33 bits per heavy atom. The van der Waals surface area contributed by atoms with E-state index in [9.17, 15) is 9.59 Å². The van der Waals surface area contributed by atoms with Crippen molar-refractivity contribution in [3.8, 4) is 5.75 Å². The van der Waals surface area contributed by atoms with Gasteiger partial charge in [-0.1, -0.05) is 31.5 Å². The third kappa shape index (κ3) is 3.85. The average Bonchev–Trinajstić information content (AvgIpc) is 3.37. The zero-order valence-corrected chi connectivity index (χ0v) is 18.3. The van der Waals surface area contributed by atoms with Crippen LogP contribution in [0.3, 0.4) is 0 Å². The second kappa shape index (κ2) is 9.03. The highest BCUT2D eigenvalue weighted by Crippen LogP contribution is 2.47. The van der Waals surface area contributed by atoms with Crippen LogP contribution < -0.4 is 14.7 Å². The molecule has 7 nitrogen and oxygen atoms in total. The maximum atomic E-state index is 13.6. The van der Waals surface area contributed by atoms with Gasteiger partial charge in [-0.15, -0.1) is 0 Å². The van der Waals surface area contributed by atoms with Crippen LogP contribution in [0.15, 0.2) is 79.1 Å². The van der Waals surface area contributed by atoms with Crippen LogP contribution in [0.5, 0.6) is 5.75 Å². The number of aromatic nitrogens is 1. The van der Waals surface area contributed by atoms with Gasteiger partial charge in [0.15, 0.2) is 6.10 Å². The predicted octanol–water partition coefficient (Wildman–Crippen LogP) is 4.31. The summed E-state index contributed by atoms with van der Waals surface area (Å²) < 4.78 is 5.70. The molecular formula is C26H25N3O4. The van der Waals surface area contributed by atoms with Crippen molar-refractivity contribution < 1.29 is 19.2 Å². The standard InChI is InChI=1S/C26H25N3O4/c1-2-3-17-32-21-11-9-19(10-12-21)28-25(30)22-23(18-13-15-27-16-14-18)29(33-24(22)26(28)31)20-7-5-4-6-8-20/h4-16,22-24H,2-3,17H2,1H3/t22-,23-,24-/m1/s1. The molecule has 0 N–H and O–H groups in total. The van der Waals surface area contributed by atoms with E-state index in [0.29, 0.717) is 18.0 Å². The molecule has 0 radical (unpaired) electrons. The maximum absolute atomic E-state index is 13.6. The Balaban J connectivity index is 1.45. The molecule has 3 atom stereocenters. The zero-order chi connectivity index (χ0) is 22.8. The number of hydrogen-bond donors (Lipinski definition) is 0. The molecule has 0 saturated carbocycles. The van der Waals surface area contributed by atoms with Crippen LogP contribution in [0.4, 0.5) is 11.4 Å². The summed E-state index contributed by atoms with van der Waals surface area (Å²) >= 11 is 0. The van der Waals surface area contributed by atoms with Crippen LogP contribution in [-0.2, 0) is 14.4 Å². The van der Waals surface area contributed by atoms with Gasteiger partial charge in [-0.25, -0.2) is 9.96 Å². The van der Waals surface area contributed by atoms with Crippen molar-refractivity contribution >= 4 is 23.2 Å². The second-order valence-electron chi connectivity index (χ2n) is 8.15. The number of imide groups is 1. The van der Waals surface area contributed by atoms with Gasteiger partial charge < -0.3 is 4.74 Å². The van der Waals surface area contributed by atoms with Crippen LogP contribution in [0.1, 0.15) is 31.4 Å². The minimum Gasteiger partial charge on any atom is -0.494 e. The number of para-hydroxylation sites is 1. The number of anilines is 2. The van der Waals surface area contributed by atoms with Gasteiger partial charge in [0.1, 0.15) is 11.7 Å². The van der Waals surface area contributed by atoms with Crippen molar-refractivity contribution in [3.05, 3.63) is 84.7 Å². The molecule has 5 rings (SSSR count). The van der Waals surface area contributed by atoms with E-state index < -0.39 is 18.1 Å². The van der Waals surface area contributed by atoms with Crippen LogP contribution in [-0.4, -0.2) is 29.5 Å². The van der Waals surface area contributed by atoms with E-state index in [1.54, 1.807) is 41.7 Å². The Morgan fingerprint density at radius 2 is 1.64 bits per heavy atom. The number of carbonyl (C=O) groups is 2. The quantitative estimate of drug-likeness (QED) is 0.400. The number of amides is 2. The lowest BCUT2D eigenvalue weighted by Crippen LogP contribution is -2.37. The topological polar surface area (TPSA) is 72.0 Å². The molecule has 3 aromatic rings. The van der Waals surface area contributed by atoms with E-state index >= 15 is 0 Å². The van der Waals surface area contributed by atoms with Gasteiger partial charge >= 0.3 is 0 Å². The van der Waals surface area contributed by atoms with Crippen molar-refractivity contribution in [1.82, 2.24) is 4.98 Å². The van der Waals surface area contributed by atoms with Crippen molar-refractivity contribution in [2.24, 2.45) is 5.92 Å². The van der Waals surface area contributed by atoms with Crippen molar-refractivity contribution in [2.75, 3.05) is 16.6 Å². The largest absolute Gasteiger partial charge is 0.494 e. The minimum atomic E-state index is -0.892. The summed E-state index contributed by atoms with van der Waals surface area (Å²) in [5.74, 6) is -0.583. The van der Waals surface area contributed by atoms with Gasteiger partial charge in [-0.2, -0.15) is 0 Å². The molecule has 2 fully saturated rings. The van der Waals surface area contributed by atoms with Crippen molar-refractivity contribution in [3.63, 3.8) is 0 Å². The molecule has 2 aromatic carbocycles. The monoisotopic (exact) mass is 443 g/mol. The van der Waals surface area contributed by atoms with Gasteiger partial charge in [0.25, 0.3) is 5.91 Å².